The number of anilines is 1. The number of unbranched alkanes of at least 4 members (excludes halogenated alkanes) is 1. The van der Waals surface area contributed by atoms with Crippen molar-refractivity contribution in [1.29, 1.82) is 0 Å². The van der Waals surface area contributed by atoms with Crippen LogP contribution in [0, 0.1) is 0 Å². The topological polar surface area (TPSA) is 69.1 Å². The molecule has 3 nitrogen and oxygen atoms in total. The van der Waals surface area contributed by atoms with Gasteiger partial charge in [-0.1, -0.05) is 13.3 Å². The Hall–Kier alpha value is -1.16. The lowest BCUT2D eigenvalue weighted by atomic mass is 10.2. The summed E-state index contributed by atoms with van der Waals surface area (Å²) in [4.78, 5) is 11.9. The van der Waals surface area contributed by atoms with Crippen LogP contribution in [0.4, 0.5) is 5.69 Å². The van der Waals surface area contributed by atoms with Gasteiger partial charge in [-0.3, -0.25) is 4.79 Å². The zero-order valence-electron chi connectivity index (χ0n) is 8.82. The van der Waals surface area contributed by atoms with Gasteiger partial charge in [0.05, 0.1) is 0 Å². The highest BCUT2D eigenvalue weighted by atomic mass is 32.2. The third-order valence-corrected chi connectivity index (χ3v) is 3.21. The number of carbonyl (C=O) groups is 1. The van der Waals surface area contributed by atoms with E-state index in [0.29, 0.717) is 11.3 Å². The van der Waals surface area contributed by atoms with Crippen molar-refractivity contribution in [3.05, 3.63) is 23.8 Å². The Kier molecular flexibility index (Phi) is 4.49. The van der Waals surface area contributed by atoms with Crippen LogP contribution in [-0.2, 0) is 0 Å². The number of carbonyl (C=O) groups excluding carboxylic acids is 1. The van der Waals surface area contributed by atoms with E-state index in [4.69, 9.17) is 11.5 Å². The predicted molar refractivity (Wildman–Crippen MR) is 65.0 cm³/mol. The first-order valence-corrected chi connectivity index (χ1v) is 5.96. The van der Waals surface area contributed by atoms with E-state index in [1.165, 1.54) is 0 Å². The van der Waals surface area contributed by atoms with Crippen molar-refractivity contribution in [3.8, 4) is 0 Å². The van der Waals surface area contributed by atoms with Crippen molar-refractivity contribution in [1.82, 2.24) is 0 Å². The Morgan fingerprint density at radius 3 is 2.80 bits per heavy atom. The summed E-state index contributed by atoms with van der Waals surface area (Å²) in [6.45, 7) is 2.14. The van der Waals surface area contributed by atoms with E-state index >= 15 is 0 Å². The predicted octanol–water partition coefficient (Wildman–Crippen LogP) is 2.26. The monoisotopic (exact) mass is 224 g/mol. The van der Waals surface area contributed by atoms with Gasteiger partial charge in [0.1, 0.15) is 0 Å². The van der Waals surface area contributed by atoms with Crippen molar-refractivity contribution in [2.75, 3.05) is 11.5 Å². The Morgan fingerprint density at radius 1 is 1.47 bits per heavy atom. The van der Waals surface area contributed by atoms with Gasteiger partial charge in [0.2, 0.25) is 5.91 Å². The fourth-order valence-corrected chi connectivity index (χ4v) is 2.24. The van der Waals surface area contributed by atoms with Crippen molar-refractivity contribution in [2.45, 2.75) is 24.7 Å². The van der Waals surface area contributed by atoms with Gasteiger partial charge >= 0.3 is 0 Å². The minimum atomic E-state index is -0.410. The highest BCUT2D eigenvalue weighted by Gasteiger charge is 2.05. The normalized spacial score (nSPS) is 10.2. The lowest BCUT2D eigenvalue weighted by Crippen LogP contribution is -2.11. The number of hydrogen-bond acceptors (Lipinski definition) is 3. The smallest absolute Gasteiger partial charge is 0.248 e. The summed E-state index contributed by atoms with van der Waals surface area (Å²) in [6.07, 6.45) is 2.30. The maximum Gasteiger partial charge on any atom is 0.248 e. The molecule has 1 aromatic rings. The van der Waals surface area contributed by atoms with E-state index in [9.17, 15) is 4.79 Å². The summed E-state index contributed by atoms with van der Waals surface area (Å²) in [5.41, 5.74) is 12.2. The summed E-state index contributed by atoms with van der Waals surface area (Å²) in [5, 5.41) is 0. The summed E-state index contributed by atoms with van der Waals surface area (Å²) in [5.74, 6) is 0.607. The van der Waals surface area contributed by atoms with E-state index in [-0.39, 0.29) is 0 Å². The van der Waals surface area contributed by atoms with E-state index in [1.54, 1.807) is 30.0 Å². The van der Waals surface area contributed by atoms with Gasteiger partial charge in [0.15, 0.2) is 0 Å². The lowest BCUT2D eigenvalue weighted by Gasteiger charge is -2.06. The van der Waals surface area contributed by atoms with Crippen molar-refractivity contribution in [2.24, 2.45) is 5.73 Å². The van der Waals surface area contributed by atoms with Crippen molar-refractivity contribution < 1.29 is 4.79 Å². The molecule has 1 amide bonds. The van der Waals surface area contributed by atoms with Crippen LogP contribution >= 0.6 is 11.8 Å². The Morgan fingerprint density at radius 2 is 2.20 bits per heavy atom. The zero-order valence-corrected chi connectivity index (χ0v) is 9.64. The summed E-state index contributed by atoms with van der Waals surface area (Å²) in [6, 6.07) is 5.15. The van der Waals surface area contributed by atoms with E-state index in [1.807, 2.05) is 0 Å². The van der Waals surface area contributed by atoms with Crippen LogP contribution in [0.5, 0.6) is 0 Å². The van der Waals surface area contributed by atoms with E-state index in [2.05, 4.69) is 6.92 Å². The molecule has 15 heavy (non-hydrogen) atoms. The highest BCUT2D eigenvalue weighted by Crippen LogP contribution is 2.26. The Labute approximate surface area is 94.2 Å². The van der Waals surface area contributed by atoms with E-state index in [0.717, 1.165) is 23.5 Å². The van der Waals surface area contributed by atoms with Crippen LogP contribution in [0.15, 0.2) is 23.1 Å². The average Bonchev–Trinajstić information content (AvgIpc) is 2.20. The average molecular weight is 224 g/mol. The first-order chi connectivity index (χ1) is 7.15. The molecule has 0 fully saturated rings. The Bertz CT molecular complexity index is 352. The molecule has 0 aromatic heterocycles. The number of nitrogen functional groups attached to an aromatic ring is 1. The molecule has 82 valence electrons. The number of benzene rings is 1. The highest BCUT2D eigenvalue weighted by molar-refractivity contribution is 7.99. The minimum absolute atomic E-state index is 0.410. The van der Waals surface area contributed by atoms with Gasteiger partial charge in [-0.25, -0.2) is 0 Å². The first kappa shape index (κ1) is 11.9. The third-order valence-electron chi connectivity index (χ3n) is 2.05. The standard InChI is InChI=1S/C11H16N2OS/c1-2-3-6-15-10-7-8(11(13)14)4-5-9(10)12/h4-5,7H,2-3,6,12H2,1H3,(H2,13,14). The molecule has 0 unspecified atom stereocenters. The number of rotatable bonds is 5. The van der Waals surface area contributed by atoms with Crippen molar-refractivity contribution >= 4 is 23.4 Å². The second kappa shape index (κ2) is 5.66. The molecular weight excluding hydrogens is 208 g/mol. The van der Waals surface area contributed by atoms with Crippen molar-refractivity contribution in [3.63, 3.8) is 0 Å². The van der Waals surface area contributed by atoms with Crippen LogP contribution in [0.2, 0.25) is 0 Å². The summed E-state index contributed by atoms with van der Waals surface area (Å²) >= 11 is 1.67. The molecule has 0 radical (unpaired) electrons. The molecule has 0 aliphatic rings. The third kappa shape index (κ3) is 3.47. The van der Waals surface area contributed by atoms with Crippen LogP contribution < -0.4 is 11.5 Å². The van der Waals surface area contributed by atoms with Gasteiger partial charge in [0.25, 0.3) is 0 Å². The van der Waals surface area contributed by atoms with Gasteiger partial charge in [-0.15, -0.1) is 11.8 Å². The van der Waals surface area contributed by atoms with Crippen LogP contribution in [0.3, 0.4) is 0 Å². The largest absolute Gasteiger partial charge is 0.398 e. The number of nitrogens with two attached hydrogens (primary N) is 2. The molecule has 1 aromatic carbocycles. The molecule has 4 heteroatoms. The molecular formula is C11H16N2OS. The second-order valence-corrected chi connectivity index (χ2v) is 4.46. The first-order valence-electron chi connectivity index (χ1n) is 4.97. The molecule has 4 N–H and O–H groups in total. The second-order valence-electron chi connectivity index (χ2n) is 3.32. The molecule has 0 bridgehead atoms. The number of thioether (sulfide) groups is 1. The molecule has 0 saturated heterocycles. The van der Waals surface area contributed by atoms with Gasteiger partial charge in [0, 0.05) is 16.1 Å². The molecule has 0 atom stereocenters. The summed E-state index contributed by atoms with van der Waals surface area (Å²) < 4.78 is 0. The fourth-order valence-electron chi connectivity index (χ4n) is 1.14. The molecule has 0 spiro atoms. The number of amides is 1. The molecule has 1 rings (SSSR count). The Balaban J connectivity index is 2.76. The van der Waals surface area contributed by atoms with Gasteiger partial charge < -0.3 is 11.5 Å². The van der Waals surface area contributed by atoms with Gasteiger partial charge in [-0.2, -0.15) is 0 Å². The van der Waals surface area contributed by atoms with E-state index < -0.39 is 5.91 Å². The maximum absolute atomic E-state index is 11.0. The molecule has 0 saturated carbocycles. The number of hydrogen-bond donors (Lipinski definition) is 2. The molecule has 0 aliphatic heterocycles. The van der Waals surface area contributed by atoms with Gasteiger partial charge in [-0.05, 0) is 30.4 Å². The molecule has 0 aliphatic carbocycles. The lowest BCUT2D eigenvalue weighted by molar-refractivity contribution is 0.1000. The zero-order chi connectivity index (χ0) is 11.3. The maximum atomic E-state index is 11.0. The van der Waals surface area contributed by atoms with Crippen LogP contribution in [0.25, 0.3) is 0 Å². The van der Waals surface area contributed by atoms with Crippen LogP contribution in [0.1, 0.15) is 30.1 Å². The minimum Gasteiger partial charge on any atom is -0.398 e. The molecule has 0 heterocycles. The quantitative estimate of drug-likeness (QED) is 0.458. The SMILES string of the molecule is CCCCSc1cc(C(N)=O)ccc1N. The fraction of sp³-hybridized carbons (Fsp3) is 0.364. The summed E-state index contributed by atoms with van der Waals surface area (Å²) in [7, 11) is 0. The van der Waals surface area contributed by atoms with Crippen LogP contribution in [-0.4, -0.2) is 11.7 Å². The number of primary amides is 1.